The topological polar surface area (TPSA) is 46.5 Å². The molecule has 2 aromatic carbocycles. The molecule has 2 rings (SSSR count). The van der Waals surface area contributed by atoms with Crippen molar-refractivity contribution >= 4 is 12.9 Å². The van der Waals surface area contributed by atoms with Gasteiger partial charge in [-0.05, 0) is 58.6 Å². The third-order valence-electron chi connectivity index (χ3n) is 4.91. The molecule has 0 heterocycles. The molecule has 0 aliphatic heterocycles. The molecule has 0 fully saturated rings. The van der Waals surface area contributed by atoms with Crippen LogP contribution in [-0.4, -0.2) is 11.5 Å². The largest absolute Gasteiger partial charge is 0.359 e. The molecular formula is C23H33O3P. The van der Waals surface area contributed by atoms with E-state index >= 15 is 0 Å². The standard InChI is InChI=1S/C23H33O3P/c1-8-26-27(24,25)22-12-10-9-11-19(22)23-20(16(4)5)13-18(15(2)3)14-21(23)17(6)7/h9-17H,8H2,1-7H3,(H,24,25). The summed E-state index contributed by atoms with van der Waals surface area (Å²) >= 11 is 0. The van der Waals surface area contributed by atoms with Crippen molar-refractivity contribution in [2.45, 2.75) is 66.2 Å². The Morgan fingerprint density at radius 3 is 1.89 bits per heavy atom. The Morgan fingerprint density at radius 1 is 0.926 bits per heavy atom. The maximum Gasteiger partial charge on any atom is 0.359 e. The van der Waals surface area contributed by atoms with E-state index in [2.05, 4.69) is 53.7 Å². The number of rotatable bonds is 7. The van der Waals surface area contributed by atoms with Crippen molar-refractivity contribution in [3.63, 3.8) is 0 Å². The minimum absolute atomic E-state index is 0.197. The SMILES string of the molecule is CCOP(=O)(O)c1ccccc1-c1c(C(C)C)cc(C(C)C)cc1C(C)C. The summed E-state index contributed by atoms with van der Waals surface area (Å²) in [6.07, 6.45) is 0. The van der Waals surface area contributed by atoms with Crippen molar-refractivity contribution in [1.29, 1.82) is 0 Å². The molecule has 3 nitrogen and oxygen atoms in total. The molecule has 0 saturated heterocycles. The Morgan fingerprint density at radius 2 is 1.44 bits per heavy atom. The van der Waals surface area contributed by atoms with E-state index in [0.29, 0.717) is 23.1 Å². The summed E-state index contributed by atoms with van der Waals surface area (Å²) in [5.41, 5.74) is 5.62. The smallest absolute Gasteiger partial charge is 0.321 e. The molecule has 2 aromatic rings. The fraction of sp³-hybridized carbons (Fsp3) is 0.478. The van der Waals surface area contributed by atoms with Gasteiger partial charge in [0.15, 0.2) is 0 Å². The van der Waals surface area contributed by atoms with Crippen molar-refractivity contribution < 1.29 is 14.0 Å². The first-order chi connectivity index (χ1) is 12.6. The van der Waals surface area contributed by atoms with Gasteiger partial charge in [-0.15, -0.1) is 0 Å². The van der Waals surface area contributed by atoms with E-state index in [0.717, 1.165) is 11.1 Å². The summed E-state index contributed by atoms with van der Waals surface area (Å²) in [6, 6.07) is 11.9. The molecule has 0 bridgehead atoms. The highest BCUT2D eigenvalue weighted by atomic mass is 31.2. The normalized spacial score (nSPS) is 14.2. The van der Waals surface area contributed by atoms with Gasteiger partial charge in [0.1, 0.15) is 0 Å². The van der Waals surface area contributed by atoms with Gasteiger partial charge in [-0.25, -0.2) is 0 Å². The van der Waals surface area contributed by atoms with Crippen LogP contribution in [0.15, 0.2) is 36.4 Å². The predicted molar refractivity (Wildman–Crippen MR) is 115 cm³/mol. The number of benzene rings is 2. The van der Waals surface area contributed by atoms with Crippen LogP contribution in [-0.2, 0) is 9.09 Å². The number of hydrogen-bond acceptors (Lipinski definition) is 2. The Kier molecular flexibility index (Phi) is 7.08. The third-order valence-corrected chi connectivity index (χ3v) is 6.52. The summed E-state index contributed by atoms with van der Waals surface area (Å²) in [4.78, 5) is 10.6. The lowest BCUT2D eigenvalue weighted by Crippen LogP contribution is -2.13. The van der Waals surface area contributed by atoms with E-state index in [1.54, 1.807) is 19.1 Å². The highest BCUT2D eigenvalue weighted by molar-refractivity contribution is 7.61. The van der Waals surface area contributed by atoms with Crippen LogP contribution >= 0.6 is 7.60 Å². The van der Waals surface area contributed by atoms with Gasteiger partial charge < -0.3 is 9.42 Å². The summed E-state index contributed by atoms with van der Waals surface area (Å²) < 4.78 is 18.1. The fourth-order valence-corrected chi connectivity index (χ4v) is 4.70. The fourth-order valence-electron chi connectivity index (χ4n) is 3.44. The highest BCUT2D eigenvalue weighted by Gasteiger charge is 2.29. The summed E-state index contributed by atoms with van der Waals surface area (Å²) in [5, 5.41) is 0.382. The van der Waals surface area contributed by atoms with Crippen molar-refractivity contribution in [2.24, 2.45) is 0 Å². The predicted octanol–water partition coefficient (Wildman–Crippen LogP) is 6.57. The summed E-state index contributed by atoms with van der Waals surface area (Å²) in [7, 11) is -3.88. The quantitative estimate of drug-likeness (QED) is 0.546. The Hall–Kier alpha value is -1.41. The second-order valence-corrected chi connectivity index (χ2v) is 9.77. The van der Waals surface area contributed by atoms with Gasteiger partial charge in [-0.3, -0.25) is 4.57 Å². The van der Waals surface area contributed by atoms with E-state index < -0.39 is 7.60 Å². The molecule has 0 amide bonds. The molecule has 148 valence electrons. The van der Waals surface area contributed by atoms with Gasteiger partial charge in [0.25, 0.3) is 0 Å². The lowest BCUT2D eigenvalue weighted by atomic mass is 9.82. The second-order valence-electron chi connectivity index (χ2n) is 7.99. The summed E-state index contributed by atoms with van der Waals surface area (Å²) in [5.74, 6) is 1.03. The van der Waals surface area contributed by atoms with Crippen molar-refractivity contribution in [3.05, 3.63) is 53.1 Å². The van der Waals surface area contributed by atoms with Gasteiger partial charge in [0.05, 0.1) is 11.9 Å². The Bertz CT molecular complexity index is 808. The monoisotopic (exact) mass is 388 g/mol. The first kappa shape index (κ1) is 21.9. The molecule has 0 saturated carbocycles. The molecule has 0 radical (unpaired) electrons. The molecule has 0 aliphatic rings. The maximum atomic E-state index is 12.9. The first-order valence-electron chi connectivity index (χ1n) is 9.85. The van der Waals surface area contributed by atoms with Crippen LogP contribution in [0.2, 0.25) is 0 Å². The van der Waals surface area contributed by atoms with Gasteiger partial charge in [0.2, 0.25) is 0 Å². The van der Waals surface area contributed by atoms with Gasteiger partial charge >= 0.3 is 7.60 Å². The minimum Gasteiger partial charge on any atom is -0.321 e. The third kappa shape index (κ3) is 4.71. The van der Waals surface area contributed by atoms with Crippen LogP contribution in [0, 0.1) is 0 Å². The molecule has 0 aromatic heterocycles. The van der Waals surface area contributed by atoms with E-state index in [1.165, 1.54) is 16.7 Å². The van der Waals surface area contributed by atoms with Crippen molar-refractivity contribution in [1.82, 2.24) is 0 Å². The first-order valence-corrected chi connectivity index (χ1v) is 11.4. The molecule has 27 heavy (non-hydrogen) atoms. The minimum atomic E-state index is -3.88. The Balaban J connectivity index is 2.89. The maximum absolute atomic E-state index is 12.9. The molecule has 1 unspecified atom stereocenters. The van der Waals surface area contributed by atoms with E-state index in [-0.39, 0.29) is 6.61 Å². The van der Waals surface area contributed by atoms with Crippen molar-refractivity contribution in [2.75, 3.05) is 6.61 Å². The molecule has 4 heteroatoms. The average Bonchev–Trinajstić information content (AvgIpc) is 2.60. The van der Waals surface area contributed by atoms with Gasteiger partial charge in [-0.1, -0.05) is 71.9 Å². The van der Waals surface area contributed by atoms with Crippen LogP contribution < -0.4 is 5.30 Å². The van der Waals surface area contributed by atoms with Crippen molar-refractivity contribution in [3.8, 4) is 11.1 Å². The lowest BCUT2D eigenvalue weighted by Gasteiger charge is -2.25. The van der Waals surface area contributed by atoms with Gasteiger partial charge in [-0.2, -0.15) is 0 Å². The highest BCUT2D eigenvalue weighted by Crippen LogP contribution is 2.46. The van der Waals surface area contributed by atoms with E-state index in [4.69, 9.17) is 4.52 Å². The molecular weight excluding hydrogens is 355 g/mol. The second kappa shape index (κ2) is 8.73. The zero-order chi connectivity index (χ0) is 20.4. The van der Waals surface area contributed by atoms with Crippen LogP contribution in [0.4, 0.5) is 0 Å². The molecule has 0 aliphatic carbocycles. The summed E-state index contributed by atoms with van der Waals surface area (Å²) in [6.45, 7) is 15.0. The lowest BCUT2D eigenvalue weighted by molar-refractivity contribution is 0.284. The average molecular weight is 388 g/mol. The molecule has 0 spiro atoms. The van der Waals surface area contributed by atoms with Crippen LogP contribution in [0.25, 0.3) is 11.1 Å². The van der Waals surface area contributed by atoms with E-state index in [9.17, 15) is 9.46 Å². The van der Waals surface area contributed by atoms with Crippen LogP contribution in [0.3, 0.4) is 0 Å². The van der Waals surface area contributed by atoms with Crippen LogP contribution in [0.5, 0.6) is 0 Å². The zero-order valence-electron chi connectivity index (χ0n) is 17.6. The molecule has 1 N–H and O–H groups in total. The zero-order valence-corrected chi connectivity index (χ0v) is 18.5. The van der Waals surface area contributed by atoms with Gasteiger partial charge in [0, 0.05) is 0 Å². The Labute approximate surface area is 164 Å². The number of hydrogen-bond donors (Lipinski definition) is 1. The van der Waals surface area contributed by atoms with Crippen LogP contribution in [0.1, 0.15) is 82.9 Å². The molecule has 1 atom stereocenters. The van der Waals surface area contributed by atoms with E-state index in [1.807, 2.05) is 12.1 Å².